The van der Waals surface area contributed by atoms with E-state index in [0.717, 1.165) is 12.8 Å². The first-order valence-corrected chi connectivity index (χ1v) is 5.33. The third kappa shape index (κ3) is 2.21. The van der Waals surface area contributed by atoms with Crippen LogP contribution in [0.25, 0.3) is 0 Å². The molecule has 1 aliphatic rings. The highest BCUT2D eigenvalue weighted by Crippen LogP contribution is 2.41. The lowest BCUT2D eigenvalue weighted by Crippen LogP contribution is -2.15. The Bertz CT molecular complexity index is 394. The number of hydrogen-bond acceptors (Lipinski definition) is 1. The molecular weight excluding hydrogens is 215 g/mol. The van der Waals surface area contributed by atoms with Crippen LogP contribution >= 0.6 is 0 Å². The predicted octanol–water partition coefficient (Wildman–Crippen LogP) is 3.42. The van der Waals surface area contributed by atoms with Crippen LogP contribution in [0.4, 0.5) is 13.2 Å². The van der Waals surface area contributed by atoms with E-state index in [4.69, 9.17) is 5.73 Å². The highest BCUT2D eigenvalue weighted by atomic mass is 19.4. The van der Waals surface area contributed by atoms with Crippen LogP contribution in [0, 0.1) is 12.8 Å². The molecule has 0 aliphatic heterocycles. The van der Waals surface area contributed by atoms with Crippen molar-refractivity contribution in [1.29, 1.82) is 0 Å². The Balaban J connectivity index is 2.34. The standard InChI is InChI=1S/C12H14F3N/c1-7-2-3-9(11(16)8-4-5-8)6-10(7)12(13,14)15/h2-3,6,8,11H,4-5,16H2,1H3. The molecule has 0 saturated heterocycles. The van der Waals surface area contributed by atoms with Gasteiger partial charge in [-0.05, 0) is 42.9 Å². The molecule has 0 amide bonds. The molecule has 0 bridgehead atoms. The highest BCUT2D eigenvalue weighted by molar-refractivity contribution is 5.35. The van der Waals surface area contributed by atoms with Crippen molar-refractivity contribution in [3.8, 4) is 0 Å². The van der Waals surface area contributed by atoms with Gasteiger partial charge in [-0.2, -0.15) is 13.2 Å². The summed E-state index contributed by atoms with van der Waals surface area (Å²) in [6, 6.07) is 4.15. The van der Waals surface area contributed by atoms with Gasteiger partial charge in [0.2, 0.25) is 0 Å². The number of halogens is 3. The zero-order valence-electron chi connectivity index (χ0n) is 9.01. The Labute approximate surface area is 92.5 Å². The second-order valence-corrected chi connectivity index (χ2v) is 4.44. The lowest BCUT2D eigenvalue weighted by Gasteiger charge is -2.15. The average Bonchev–Trinajstić information content (AvgIpc) is 2.98. The van der Waals surface area contributed by atoms with Gasteiger partial charge in [0.15, 0.2) is 0 Å². The minimum atomic E-state index is -4.29. The molecule has 4 heteroatoms. The molecule has 0 spiro atoms. The molecule has 1 unspecified atom stereocenters. The fourth-order valence-electron chi connectivity index (χ4n) is 1.88. The molecule has 1 aliphatic carbocycles. The van der Waals surface area contributed by atoms with Crippen LogP contribution in [0.2, 0.25) is 0 Å². The van der Waals surface area contributed by atoms with E-state index in [1.807, 2.05) is 0 Å². The summed E-state index contributed by atoms with van der Waals surface area (Å²) in [5, 5.41) is 0. The molecule has 2 N–H and O–H groups in total. The summed E-state index contributed by atoms with van der Waals surface area (Å²) in [5.41, 5.74) is 6.17. The summed E-state index contributed by atoms with van der Waals surface area (Å²) >= 11 is 0. The normalized spacial score (nSPS) is 18.6. The van der Waals surface area contributed by atoms with Crippen molar-refractivity contribution in [2.45, 2.75) is 32.0 Å². The predicted molar refractivity (Wildman–Crippen MR) is 55.8 cm³/mol. The highest BCUT2D eigenvalue weighted by Gasteiger charge is 2.34. The molecular formula is C12H14F3N. The maximum absolute atomic E-state index is 12.7. The van der Waals surface area contributed by atoms with Gasteiger partial charge >= 0.3 is 6.18 Å². The summed E-state index contributed by atoms with van der Waals surface area (Å²) < 4.78 is 38.0. The number of rotatable bonds is 2. The number of benzene rings is 1. The number of hydrogen-bond donors (Lipinski definition) is 1. The van der Waals surface area contributed by atoms with E-state index in [1.54, 1.807) is 6.07 Å². The van der Waals surface area contributed by atoms with E-state index >= 15 is 0 Å². The van der Waals surface area contributed by atoms with E-state index in [2.05, 4.69) is 0 Å². The van der Waals surface area contributed by atoms with E-state index in [-0.39, 0.29) is 11.6 Å². The van der Waals surface area contributed by atoms with Crippen LogP contribution in [-0.4, -0.2) is 0 Å². The first kappa shape index (κ1) is 11.5. The summed E-state index contributed by atoms with van der Waals surface area (Å²) in [6.45, 7) is 1.47. The fraction of sp³-hybridized carbons (Fsp3) is 0.500. The van der Waals surface area contributed by atoms with E-state index < -0.39 is 11.7 Å². The minimum Gasteiger partial charge on any atom is -0.324 e. The van der Waals surface area contributed by atoms with Gasteiger partial charge in [-0.1, -0.05) is 12.1 Å². The van der Waals surface area contributed by atoms with Gasteiger partial charge in [0.25, 0.3) is 0 Å². The molecule has 1 nitrogen and oxygen atoms in total. The van der Waals surface area contributed by atoms with Crippen LogP contribution in [0.1, 0.15) is 35.6 Å². The molecule has 0 heterocycles. The Morgan fingerprint density at radius 3 is 2.44 bits per heavy atom. The van der Waals surface area contributed by atoms with Crippen molar-refractivity contribution in [2.24, 2.45) is 11.7 Å². The molecule has 1 aromatic carbocycles. The van der Waals surface area contributed by atoms with E-state index in [1.165, 1.54) is 19.1 Å². The van der Waals surface area contributed by atoms with Gasteiger partial charge in [-0.15, -0.1) is 0 Å². The van der Waals surface area contributed by atoms with E-state index in [9.17, 15) is 13.2 Å². The van der Waals surface area contributed by atoms with Gasteiger partial charge in [-0.25, -0.2) is 0 Å². The number of alkyl halides is 3. The smallest absolute Gasteiger partial charge is 0.324 e. The molecule has 0 aromatic heterocycles. The molecule has 2 rings (SSSR count). The fourth-order valence-corrected chi connectivity index (χ4v) is 1.88. The maximum atomic E-state index is 12.7. The second kappa shape index (κ2) is 3.77. The maximum Gasteiger partial charge on any atom is 0.416 e. The van der Waals surface area contributed by atoms with Gasteiger partial charge in [-0.3, -0.25) is 0 Å². The topological polar surface area (TPSA) is 26.0 Å². The Morgan fingerprint density at radius 2 is 1.94 bits per heavy atom. The molecule has 16 heavy (non-hydrogen) atoms. The van der Waals surface area contributed by atoms with Crippen LogP contribution in [0.15, 0.2) is 18.2 Å². The van der Waals surface area contributed by atoms with Crippen LogP contribution < -0.4 is 5.73 Å². The summed E-state index contributed by atoms with van der Waals surface area (Å²) in [6.07, 6.45) is -2.24. The van der Waals surface area contributed by atoms with Crippen molar-refractivity contribution in [1.82, 2.24) is 0 Å². The molecule has 1 fully saturated rings. The molecule has 1 saturated carbocycles. The largest absolute Gasteiger partial charge is 0.416 e. The van der Waals surface area contributed by atoms with Crippen LogP contribution in [0.5, 0.6) is 0 Å². The average molecular weight is 229 g/mol. The molecule has 1 atom stereocenters. The monoisotopic (exact) mass is 229 g/mol. The van der Waals surface area contributed by atoms with Gasteiger partial charge < -0.3 is 5.73 Å². The summed E-state index contributed by atoms with van der Waals surface area (Å²) in [4.78, 5) is 0. The molecule has 88 valence electrons. The SMILES string of the molecule is Cc1ccc(C(N)C2CC2)cc1C(F)(F)F. The van der Waals surface area contributed by atoms with Gasteiger partial charge in [0.1, 0.15) is 0 Å². The van der Waals surface area contributed by atoms with Crippen molar-refractivity contribution in [3.05, 3.63) is 34.9 Å². The van der Waals surface area contributed by atoms with Crippen molar-refractivity contribution >= 4 is 0 Å². The quantitative estimate of drug-likeness (QED) is 0.826. The first-order chi connectivity index (χ1) is 7.39. The number of aryl methyl sites for hydroxylation is 1. The zero-order chi connectivity index (χ0) is 11.9. The Kier molecular flexibility index (Phi) is 2.70. The van der Waals surface area contributed by atoms with Gasteiger partial charge in [0, 0.05) is 6.04 Å². The van der Waals surface area contributed by atoms with Crippen LogP contribution in [-0.2, 0) is 6.18 Å². The van der Waals surface area contributed by atoms with Crippen LogP contribution in [0.3, 0.4) is 0 Å². The summed E-state index contributed by atoms with van der Waals surface area (Å²) in [7, 11) is 0. The minimum absolute atomic E-state index is 0.248. The van der Waals surface area contributed by atoms with Crippen molar-refractivity contribution in [2.75, 3.05) is 0 Å². The lowest BCUT2D eigenvalue weighted by molar-refractivity contribution is -0.138. The molecule has 1 aromatic rings. The summed E-state index contributed by atoms with van der Waals surface area (Å²) in [5.74, 6) is 0.365. The first-order valence-electron chi connectivity index (χ1n) is 5.33. The van der Waals surface area contributed by atoms with Crippen molar-refractivity contribution < 1.29 is 13.2 Å². The second-order valence-electron chi connectivity index (χ2n) is 4.44. The van der Waals surface area contributed by atoms with Gasteiger partial charge in [0.05, 0.1) is 5.56 Å². The Hall–Kier alpha value is -1.03. The van der Waals surface area contributed by atoms with Crippen molar-refractivity contribution in [3.63, 3.8) is 0 Å². The Morgan fingerprint density at radius 1 is 1.31 bits per heavy atom. The number of nitrogens with two attached hydrogens (primary N) is 1. The molecule has 0 radical (unpaired) electrons. The third-order valence-electron chi connectivity index (χ3n) is 3.08. The third-order valence-corrected chi connectivity index (χ3v) is 3.08. The van der Waals surface area contributed by atoms with E-state index in [0.29, 0.717) is 11.5 Å². The zero-order valence-corrected chi connectivity index (χ0v) is 9.01. The lowest BCUT2D eigenvalue weighted by atomic mass is 9.98.